The molecule has 0 amide bonds. The predicted octanol–water partition coefficient (Wildman–Crippen LogP) is 6.43. The van der Waals surface area contributed by atoms with Crippen LogP contribution in [0.25, 0.3) is 22.5 Å². The maximum Gasteiger partial charge on any atom is 0.205 e. The summed E-state index contributed by atoms with van der Waals surface area (Å²) in [5.74, 6) is 2.16. The molecule has 1 aliphatic rings. The van der Waals surface area contributed by atoms with Gasteiger partial charge in [-0.15, -0.1) is 10.2 Å². The van der Waals surface area contributed by atoms with Gasteiger partial charge in [-0.1, -0.05) is 61.9 Å². The van der Waals surface area contributed by atoms with Crippen LogP contribution in [0.15, 0.2) is 89.1 Å². The Morgan fingerprint density at radius 1 is 1.02 bits per heavy atom. The Morgan fingerprint density at radius 2 is 1.80 bits per heavy atom. The number of anilines is 1. The number of nitrogens with zero attached hydrogens (tertiary/aromatic N) is 5. The largest absolute Gasteiger partial charge is 0.497 e. The summed E-state index contributed by atoms with van der Waals surface area (Å²) in [4.78, 5) is 20.3. The summed E-state index contributed by atoms with van der Waals surface area (Å²) in [5.41, 5.74) is 5.68. The molecule has 0 fully saturated rings. The third-order valence-electron chi connectivity index (χ3n) is 7.52. The van der Waals surface area contributed by atoms with E-state index in [2.05, 4.69) is 56.7 Å². The number of aliphatic imine (C=N–C) groups is 1. The highest BCUT2D eigenvalue weighted by Gasteiger charge is 2.42. The number of aldehydes is 1. The SMILES string of the molecule is CCCCC1=NC(C)=C(Cc2ccc(OC)cc2)C(C)(C=O)N1c1ccc(-c2ccccc2)c(-c2nn[nH]n2)c1. The summed E-state index contributed by atoms with van der Waals surface area (Å²) >= 11 is 0. The number of rotatable bonds is 10. The number of tetrazole rings is 1. The molecule has 8 nitrogen and oxygen atoms in total. The van der Waals surface area contributed by atoms with Gasteiger partial charge in [-0.25, -0.2) is 4.99 Å². The number of carbonyl (C=O) groups is 1. The van der Waals surface area contributed by atoms with Crippen molar-refractivity contribution in [1.29, 1.82) is 0 Å². The first-order chi connectivity index (χ1) is 19.5. The maximum atomic E-state index is 13.1. The lowest BCUT2D eigenvalue weighted by molar-refractivity contribution is -0.110. The van der Waals surface area contributed by atoms with E-state index >= 15 is 0 Å². The van der Waals surface area contributed by atoms with Crippen molar-refractivity contribution in [3.63, 3.8) is 0 Å². The lowest BCUT2D eigenvalue weighted by Crippen LogP contribution is -2.55. The van der Waals surface area contributed by atoms with Crippen molar-refractivity contribution in [2.75, 3.05) is 12.0 Å². The summed E-state index contributed by atoms with van der Waals surface area (Å²) < 4.78 is 5.34. The zero-order valence-corrected chi connectivity index (χ0v) is 23.4. The molecule has 0 spiro atoms. The molecule has 0 aliphatic carbocycles. The normalized spacial score (nSPS) is 17.1. The number of hydrogen-bond acceptors (Lipinski definition) is 7. The van der Waals surface area contributed by atoms with Crippen LogP contribution in [0.3, 0.4) is 0 Å². The highest BCUT2D eigenvalue weighted by atomic mass is 16.5. The van der Waals surface area contributed by atoms with E-state index in [0.717, 1.165) is 76.3 Å². The Kier molecular flexibility index (Phi) is 7.86. The van der Waals surface area contributed by atoms with E-state index in [9.17, 15) is 4.79 Å². The van der Waals surface area contributed by atoms with Crippen LogP contribution in [-0.4, -0.2) is 45.4 Å². The first kappa shape index (κ1) is 27.0. The molecule has 3 aromatic carbocycles. The molecule has 8 heteroatoms. The highest BCUT2D eigenvalue weighted by molar-refractivity contribution is 6.06. The average molecular weight is 535 g/mol. The number of aromatic nitrogens is 4. The van der Waals surface area contributed by atoms with E-state index in [1.54, 1.807) is 7.11 Å². The molecular formula is C32H34N6O2. The molecule has 1 N–H and O–H groups in total. The van der Waals surface area contributed by atoms with Crippen LogP contribution in [0.2, 0.25) is 0 Å². The van der Waals surface area contributed by atoms with Crippen LogP contribution < -0.4 is 9.64 Å². The number of hydrogen-bond donors (Lipinski definition) is 1. The number of unbranched alkanes of at least 4 members (excludes halogenated alkanes) is 1. The first-order valence-electron chi connectivity index (χ1n) is 13.6. The number of aromatic amines is 1. The van der Waals surface area contributed by atoms with Gasteiger partial charge in [0, 0.05) is 23.4 Å². The summed E-state index contributed by atoms with van der Waals surface area (Å²) in [6, 6.07) is 24.2. The third kappa shape index (κ3) is 5.17. The van der Waals surface area contributed by atoms with E-state index in [1.165, 1.54) is 0 Å². The number of carbonyl (C=O) groups excluding carboxylic acids is 1. The quantitative estimate of drug-likeness (QED) is 0.236. The van der Waals surface area contributed by atoms with Gasteiger partial charge in [0.1, 0.15) is 23.4 Å². The molecule has 1 unspecified atom stereocenters. The van der Waals surface area contributed by atoms with Crippen molar-refractivity contribution in [3.8, 4) is 28.3 Å². The van der Waals surface area contributed by atoms with Gasteiger partial charge in [0.25, 0.3) is 0 Å². The molecular weight excluding hydrogens is 500 g/mol. The molecule has 0 saturated carbocycles. The van der Waals surface area contributed by atoms with E-state index in [-0.39, 0.29) is 0 Å². The molecule has 40 heavy (non-hydrogen) atoms. The molecule has 5 rings (SSSR count). The smallest absolute Gasteiger partial charge is 0.205 e. The predicted molar refractivity (Wildman–Crippen MR) is 158 cm³/mol. The minimum atomic E-state index is -0.947. The standard InChI is InChI=1S/C32H34N6O2/c1-5-6-12-30-33-22(2)29(19-23-13-16-26(40-4)17-14-23)32(3,21-39)38(30)25-15-18-27(24-10-8-7-9-11-24)28(20-25)31-34-36-37-35-31/h7-11,13-18,20-21H,5-6,12,19H2,1-4H3,(H,34,35,36,37). The van der Waals surface area contributed by atoms with Gasteiger partial charge in [-0.2, -0.15) is 5.21 Å². The lowest BCUT2D eigenvalue weighted by atomic mass is 9.82. The number of ether oxygens (including phenoxy) is 1. The van der Waals surface area contributed by atoms with Crippen molar-refractivity contribution in [2.24, 2.45) is 4.99 Å². The number of allylic oxidation sites excluding steroid dienone is 1. The van der Waals surface area contributed by atoms with Crippen LogP contribution >= 0.6 is 0 Å². The first-order valence-corrected chi connectivity index (χ1v) is 13.6. The van der Waals surface area contributed by atoms with Crippen molar-refractivity contribution in [3.05, 3.63) is 89.6 Å². The Labute approximate surface area is 234 Å². The monoisotopic (exact) mass is 534 g/mol. The van der Waals surface area contributed by atoms with Crippen molar-refractivity contribution in [2.45, 2.75) is 52.0 Å². The maximum absolute atomic E-state index is 13.1. The lowest BCUT2D eigenvalue weighted by Gasteiger charge is -2.44. The summed E-state index contributed by atoms with van der Waals surface area (Å²) in [7, 11) is 1.66. The average Bonchev–Trinajstić information content (AvgIpc) is 3.54. The van der Waals surface area contributed by atoms with Gasteiger partial charge >= 0.3 is 0 Å². The molecule has 0 radical (unpaired) electrons. The number of methoxy groups -OCH3 is 1. The molecule has 204 valence electrons. The number of amidine groups is 1. The molecule has 1 aromatic heterocycles. The van der Waals surface area contributed by atoms with Crippen LogP contribution in [-0.2, 0) is 11.2 Å². The number of H-pyrrole nitrogens is 1. The second-order valence-corrected chi connectivity index (χ2v) is 10.2. The fourth-order valence-electron chi connectivity index (χ4n) is 5.38. The van der Waals surface area contributed by atoms with Crippen LogP contribution in [0.4, 0.5) is 5.69 Å². The minimum absolute atomic E-state index is 0.489. The van der Waals surface area contributed by atoms with Crippen molar-refractivity contribution in [1.82, 2.24) is 20.6 Å². The van der Waals surface area contributed by atoms with E-state index in [0.29, 0.717) is 12.2 Å². The van der Waals surface area contributed by atoms with E-state index < -0.39 is 5.54 Å². The highest BCUT2D eigenvalue weighted by Crippen LogP contribution is 2.41. The summed E-state index contributed by atoms with van der Waals surface area (Å²) in [5, 5.41) is 15.0. The minimum Gasteiger partial charge on any atom is -0.497 e. The molecule has 0 bridgehead atoms. The molecule has 1 aliphatic heterocycles. The second kappa shape index (κ2) is 11.7. The fourth-order valence-corrected chi connectivity index (χ4v) is 5.38. The Bertz CT molecular complexity index is 1530. The van der Waals surface area contributed by atoms with Crippen LogP contribution in [0.5, 0.6) is 5.75 Å². The van der Waals surface area contributed by atoms with Gasteiger partial charge < -0.3 is 14.4 Å². The topological polar surface area (TPSA) is 96.4 Å². The van der Waals surface area contributed by atoms with Crippen LogP contribution in [0, 0.1) is 0 Å². The Balaban J connectivity index is 1.64. The zero-order valence-electron chi connectivity index (χ0n) is 23.4. The second-order valence-electron chi connectivity index (χ2n) is 10.2. The Morgan fingerprint density at radius 3 is 2.45 bits per heavy atom. The van der Waals surface area contributed by atoms with Crippen molar-refractivity contribution < 1.29 is 9.53 Å². The molecule has 2 heterocycles. The van der Waals surface area contributed by atoms with Gasteiger partial charge in [-0.05, 0) is 78.4 Å². The number of benzene rings is 3. The zero-order chi connectivity index (χ0) is 28.1. The van der Waals surface area contributed by atoms with E-state index in [4.69, 9.17) is 9.73 Å². The van der Waals surface area contributed by atoms with Crippen molar-refractivity contribution >= 4 is 17.8 Å². The Hall–Kier alpha value is -4.59. The molecule has 1 atom stereocenters. The van der Waals surface area contributed by atoms with Crippen LogP contribution in [0.1, 0.15) is 45.6 Å². The summed E-state index contributed by atoms with van der Waals surface area (Å²) in [6.07, 6.45) is 4.38. The molecule has 0 saturated heterocycles. The van der Waals surface area contributed by atoms with Gasteiger partial charge in [0.2, 0.25) is 5.82 Å². The molecule has 4 aromatic rings. The number of nitrogens with one attached hydrogen (secondary N) is 1. The van der Waals surface area contributed by atoms with Gasteiger partial charge in [0.05, 0.1) is 7.11 Å². The van der Waals surface area contributed by atoms with Gasteiger partial charge in [0.15, 0.2) is 0 Å². The summed E-state index contributed by atoms with van der Waals surface area (Å²) in [6.45, 7) is 6.16. The third-order valence-corrected chi connectivity index (χ3v) is 7.52. The fraction of sp³-hybridized carbons (Fsp3) is 0.281. The van der Waals surface area contributed by atoms with E-state index in [1.807, 2.05) is 62.4 Å². The van der Waals surface area contributed by atoms with Gasteiger partial charge in [-0.3, -0.25) is 0 Å².